The minimum Gasteiger partial charge on any atom is -0.469 e. The molecule has 7 heteroatoms. The van der Waals surface area contributed by atoms with Crippen LogP contribution in [-0.4, -0.2) is 44.9 Å². The van der Waals surface area contributed by atoms with E-state index in [-0.39, 0.29) is 12.0 Å². The second-order valence-corrected chi connectivity index (χ2v) is 8.24. The summed E-state index contributed by atoms with van der Waals surface area (Å²) in [5, 5.41) is 4.91. The van der Waals surface area contributed by atoms with Crippen molar-refractivity contribution in [3.05, 3.63) is 46.5 Å². The van der Waals surface area contributed by atoms with Gasteiger partial charge in [-0.2, -0.15) is 5.10 Å². The zero-order chi connectivity index (χ0) is 19.5. The van der Waals surface area contributed by atoms with Crippen LogP contribution in [0.3, 0.4) is 0 Å². The summed E-state index contributed by atoms with van der Waals surface area (Å²) in [6.07, 6.45) is 6.13. The Hall–Kier alpha value is -1.99. The van der Waals surface area contributed by atoms with Crippen LogP contribution < -0.4 is 0 Å². The van der Waals surface area contributed by atoms with E-state index in [9.17, 15) is 4.79 Å². The Kier molecular flexibility index (Phi) is 5.92. The first kappa shape index (κ1) is 19.3. The number of likely N-dealkylation sites (tertiary alicyclic amines) is 1. The molecule has 4 rings (SSSR count). The van der Waals surface area contributed by atoms with Crippen molar-refractivity contribution < 1.29 is 9.53 Å². The summed E-state index contributed by atoms with van der Waals surface area (Å²) in [7, 11) is 1.46. The highest BCUT2D eigenvalue weighted by molar-refractivity contribution is 7.71. The summed E-state index contributed by atoms with van der Waals surface area (Å²) >= 11 is 5.82. The van der Waals surface area contributed by atoms with Crippen LogP contribution in [0.1, 0.15) is 55.8 Å². The van der Waals surface area contributed by atoms with E-state index in [4.69, 9.17) is 22.1 Å². The number of benzene rings is 1. The van der Waals surface area contributed by atoms with Gasteiger partial charge in [0.15, 0.2) is 4.77 Å². The van der Waals surface area contributed by atoms with Gasteiger partial charge in [0.2, 0.25) is 0 Å². The number of esters is 1. The molecule has 1 saturated heterocycles. The highest BCUT2D eigenvalue weighted by Gasteiger charge is 2.31. The Morgan fingerprint density at radius 1 is 1.21 bits per heavy atom. The van der Waals surface area contributed by atoms with Gasteiger partial charge < -0.3 is 4.74 Å². The molecule has 2 aliphatic rings. The Balaban J connectivity index is 1.56. The summed E-state index contributed by atoms with van der Waals surface area (Å²) in [5.41, 5.74) is 1.24. The Bertz CT molecular complexity index is 872. The largest absolute Gasteiger partial charge is 0.469 e. The molecule has 1 aliphatic carbocycles. The SMILES string of the molecule is COC(=O)CC1CCCCN1Cn1nc(C2CC2)n(Cc2ccccc2)c1=S. The van der Waals surface area contributed by atoms with Gasteiger partial charge in [0.25, 0.3) is 0 Å². The molecular weight excluding hydrogens is 372 g/mol. The van der Waals surface area contributed by atoms with E-state index in [1.54, 1.807) is 0 Å². The van der Waals surface area contributed by atoms with Crippen LogP contribution in [0.15, 0.2) is 30.3 Å². The fraction of sp³-hybridized carbons (Fsp3) is 0.571. The number of aromatic nitrogens is 3. The van der Waals surface area contributed by atoms with Crippen molar-refractivity contribution in [2.24, 2.45) is 0 Å². The van der Waals surface area contributed by atoms with Gasteiger partial charge in [-0.25, -0.2) is 4.68 Å². The lowest BCUT2D eigenvalue weighted by atomic mass is 10.00. The van der Waals surface area contributed by atoms with Gasteiger partial charge in [-0.15, -0.1) is 0 Å². The predicted octanol–water partition coefficient (Wildman–Crippen LogP) is 3.71. The summed E-state index contributed by atoms with van der Waals surface area (Å²) in [4.78, 5) is 14.1. The van der Waals surface area contributed by atoms with Crippen molar-refractivity contribution >= 4 is 18.2 Å². The average molecular weight is 401 g/mol. The van der Waals surface area contributed by atoms with Gasteiger partial charge in [-0.3, -0.25) is 14.3 Å². The highest BCUT2D eigenvalue weighted by Crippen LogP contribution is 2.39. The molecular formula is C21H28N4O2S. The van der Waals surface area contributed by atoms with Crippen molar-refractivity contribution in [2.75, 3.05) is 13.7 Å². The number of hydrogen-bond donors (Lipinski definition) is 0. The normalized spacial score (nSPS) is 20.2. The number of nitrogens with zero attached hydrogens (tertiary/aromatic N) is 4. The Labute approximate surface area is 171 Å². The summed E-state index contributed by atoms with van der Waals surface area (Å²) in [6, 6.07) is 10.6. The average Bonchev–Trinajstić information content (AvgIpc) is 3.52. The molecule has 0 amide bonds. The standard InChI is InChI=1S/C21H28N4O2S/c1-27-19(26)13-18-9-5-6-12-23(18)15-25-21(28)24(20(22-25)17-10-11-17)14-16-7-3-2-4-8-16/h2-4,7-8,17-18H,5-6,9-15H2,1H3. The van der Waals surface area contributed by atoms with Crippen LogP contribution in [0.2, 0.25) is 0 Å². The van der Waals surface area contributed by atoms with Gasteiger partial charge in [-0.1, -0.05) is 36.8 Å². The fourth-order valence-corrected chi connectivity index (χ4v) is 4.29. The molecule has 2 heterocycles. The number of methoxy groups -OCH3 is 1. The first-order chi connectivity index (χ1) is 13.7. The number of ether oxygens (including phenoxy) is 1. The molecule has 2 fully saturated rings. The van der Waals surface area contributed by atoms with Crippen LogP contribution in [0.25, 0.3) is 0 Å². The maximum absolute atomic E-state index is 11.8. The van der Waals surface area contributed by atoms with E-state index < -0.39 is 0 Å². The zero-order valence-electron chi connectivity index (χ0n) is 16.4. The number of piperidine rings is 1. The van der Waals surface area contributed by atoms with Gasteiger partial charge in [0.1, 0.15) is 5.82 Å². The molecule has 150 valence electrons. The lowest BCUT2D eigenvalue weighted by Gasteiger charge is -2.34. The van der Waals surface area contributed by atoms with E-state index in [0.717, 1.165) is 42.9 Å². The van der Waals surface area contributed by atoms with Gasteiger partial charge in [0.05, 0.1) is 26.7 Å². The van der Waals surface area contributed by atoms with E-state index in [1.807, 2.05) is 10.7 Å². The first-order valence-corrected chi connectivity index (χ1v) is 10.6. The molecule has 1 aromatic heterocycles. The maximum Gasteiger partial charge on any atom is 0.307 e. The maximum atomic E-state index is 11.8. The summed E-state index contributed by atoms with van der Waals surface area (Å²) < 4.78 is 9.82. The minimum absolute atomic E-state index is 0.145. The molecule has 0 bridgehead atoms. The Morgan fingerprint density at radius 2 is 2.00 bits per heavy atom. The number of carbonyl (C=O) groups is 1. The second kappa shape index (κ2) is 8.57. The number of rotatable bonds is 7. The highest BCUT2D eigenvalue weighted by atomic mass is 32.1. The summed E-state index contributed by atoms with van der Waals surface area (Å²) in [6.45, 7) is 2.37. The minimum atomic E-state index is -0.145. The van der Waals surface area contributed by atoms with Crippen LogP contribution >= 0.6 is 12.2 Å². The number of hydrogen-bond acceptors (Lipinski definition) is 5. The zero-order valence-corrected chi connectivity index (χ0v) is 17.2. The smallest absolute Gasteiger partial charge is 0.307 e. The Morgan fingerprint density at radius 3 is 2.71 bits per heavy atom. The monoisotopic (exact) mass is 400 g/mol. The van der Waals surface area contributed by atoms with Crippen LogP contribution in [0, 0.1) is 4.77 Å². The van der Waals surface area contributed by atoms with Crippen LogP contribution in [-0.2, 0) is 22.7 Å². The lowest BCUT2D eigenvalue weighted by Crippen LogP contribution is -2.42. The van der Waals surface area contributed by atoms with Crippen LogP contribution in [0.4, 0.5) is 0 Å². The third-order valence-corrected chi connectivity index (χ3v) is 6.20. The molecule has 6 nitrogen and oxygen atoms in total. The molecule has 0 spiro atoms. The molecule has 0 radical (unpaired) electrons. The first-order valence-electron chi connectivity index (χ1n) is 10.2. The lowest BCUT2D eigenvalue weighted by molar-refractivity contribution is -0.142. The van der Waals surface area contributed by atoms with Gasteiger partial charge >= 0.3 is 5.97 Å². The van der Waals surface area contributed by atoms with Gasteiger partial charge in [-0.05, 0) is 43.5 Å². The molecule has 1 saturated carbocycles. The molecule has 28 heavy (non-hydrogen) atoms. The number of carbonyl (C=O) groups excluding carboxylic acids is 1. The molecule has 1 unspecified atom stereocenters. The van der Waals surface area contributed by atoms with Gasteiger partial charge in [0, 0.05) is 18.5 Å². The summed E-state index contributed by atoms with van der Waals surface area (Å²) in [5.74, 6) is 1.49. The van der Waals surface area contributed by atoms with Crippen molar-refractivity contribution in [2.45, 2.75) is 63.7 Å². The van der Waals surface area contributed by atoms with Crippen molar-refractivity contribution in [1.82, 2.24) is 19.2 Å². The van der Waals surface area contributed by atoms with E-state index in [0.29, 0.717) is 19.0 Å². The molecule has 1 atom stereocenters. The van der Waals surface area contributed by atoms with E-state index >= 15 is 0 Å². The van der Waals surface area contributed by atoms with Crippen LogP contribution in [0.5, 0.6) is 0 Å². The predicted molar refractivity (Wildman–Crippen MR) is 110 cm³/mol. The third kappa shape index (κ3) is 4.36. The van der Waals surface area contributed by atoms with Crippen molar-refractivity contribution in [3.63, 3.8) is 0 Å². The molecule has 1 aromatic carbocycles. The second-order valence-electron chi connectivity index (χ2n) is 7.87. The van der Waals surface area contributed by atoms with E-state index in [2.05, 4.69) is 33.7 Å². The van der Waals surface area contributed by atoms with Crippen molar-refractivity contribution in [3.8, 4) is 0 Å². The topological polar surface area (TPSA) is 52.3 Å². The molecule has 1 aliphatic heterocycles. The molecule has 0 N–H and O–H groups in total. The fourth-order valence-electron chi connectivity index (χ4n) is 4.03. The van der Waals surface area contributed by atoms with Crippen molar-refractivity contribution in [1.29, 1.82) is 0 Å². The third-order valence-electron chi connectivity index (χ3n) is 5.77. The molecule has 2 aromatic rings. The quantitative estimate of drug-likeness (QED) is 0.524. The van der Waals surface area contributed by atoms with E-state index in [1.165, 1.54) is 25.5 Å².